The maximum Gasteiger partial charge on any atom is 0.243 e. The Labute approximate surface area is 182 Å². The molecule has 1 fully saturated rings. The van der Waals surface area contributed by atoms with E-state index in [1.807, 2.05) is 54.6 Å². The predicted octanol–water partition coefficient (Wildman–Crippen LogP) is 3.67. The third-order valence-electron chi connectivity index (χ3n) is 6.09. The Bertz CT molecular complexity index is 1240. The fourth-order valence-corrected chi connectivity index (χ4v) is 6.02. The number of carbonyl (C=O) groups excluding carboxylic acids is 1. The van der Waals surface area contributed by atoms with Crippen LogP contribution in [-0.2, 0) is 14.8 Å². The molecule has 6 nitrogen and oxygen atoms in total. The first-order valence-electron chi connectivity index (χ1n) is 10.6. The highest BCUT2D eigenvalue weighted by atomic mass is 32.2. The van der Waals surface area contributed by atoms with E-state index in [1.165, 1.54) is 4.31 Å². The van der Waals surface area contributed by atoms with Crippen LogP contribution in [0.1, 0.15) is 12.8 Å². The lowest BCUT2D eigenvalue weighted by atomic mass is 9.97. The third-order valence-corrected chi connectivity index (χ3v) is 7.95. The molecular weight excluding hydrogens is 412 g/mol. The van der Waals surface area contributed by atoms with Gasteiger partial charge in [-0.2, -0.15) is 4.31 Å². The van der Waals surface area contributed by atoms with Crippen molar-refractivity contribution < 1.29 is 17.9 Å². The zero-order chi connectivity index (χ0) is 21.4. The highest BCUT2D eigenvalue weighted by Gasteiger charge is 2.36. The summed E-state index contributed by atoms with van der Waals surface area (Å²) in [6.45, 7) is 1.55. The molecule has 1 atom stereocenters. The molecule has 3 aromatic rings. The standard InChI is InChI=1S/C24H24N2O4S/c27-24(26-14-15-30-23-10-4-3-9-22(23)26)20-8-5-13-25(17-20)31(28,29)21-12-11-18-6-1-2-7-19(18)16-21/h1-4,6-7,9-12,16,20H,5,8,13-15,17H2. The Morgan fingerprint density at radius 2 is 1.71 bits per heavy atom. The summed E-state index contributed by atoms with van der Waals surface area (Å²) in [6, 6.07) is 20.4. The minimum Gasteiger partial charge on any atom is -0.490 e. The van der Waals surface area contributed by atoms with Gasteiger partial charge in [0, 0.05) is 13.1 Å². The Hall–Kier alpha value is -2.90. The number of ether oxygens (including phenoxy) is 1. The number of fused-ring (bicyclic) bond motifs is 2. The van der Waals surface area contributed by atoms with Crippen molar-refractivity contribution in [2.45, 2.75) is 17.7 Å². The van der Waals surface area contributed by atoms with Crippen molar-refractivity contribution in [2.24, 2.45) is 5.92 Å². The first-order chi connectivity index (χ1) is 15.0. The van der Waals surface area contributed by atoms with E-state index in [9.17, 15) is 13.2 Å². The maximum atomic E-state index is 13.4. The van der Waals surface area contributed by atoms with E-state index in [4.69, 9.17) is 4.74 Å². The number of nitrogens with zero attached hydrogens (tertiary/aromatic N) is 2. The fraction of sp³-hybridized carbons (Fsp3) is 0.292. The number of amides is 1. The van der Waals surface area contributed by atoms with Crippen molar-refractivity contribution in [3.05, 3.63) is 66.7 Å². The topological polar surface area (TPSA) is 66.9 Å². The summed E-state index contributed by atoms with van der Waals surface area (Å²) in [5.41, 5.74) is 0.758. The van der Waals surface area contributed by atoms with E-state index in [1.54, 1.807) is 17.0 Å². The lowest BCUT2D eigenvalue weighted by Crippen LogP contribution is -2.48. The highest BCUT2D eigenvalue weighted by Crippen LogP contribution is 2.34. The first-order valence-corrected chi connectivity index (χ1v) is 12.0. The average molecular weight is 437 g/mol. The van der Waals surface area contributed by atoms with Crippen LogP contribution in [-0.4, -0.2) is 44.9 Å². The molecule has 0 saturated carbocycles. The quantitative estimate of drug-likeness (QED) is 0.628. The Kier molecular flexibility index (Phi) is 5.16. The van der Waals surface area contributed by atoms with Crippen LogP contribution in [0, 0.1) is 5.92 Å². The molecule has 160 valence electrons. The number of rotatable bonds is 3. The summed E-state index contributed by atoms with van der Waals surface area (Å²) in [7, 11) is -3.67. The summed E-state index contributed by atoms with van der Waals surface area (Å²) >= 11 is 0. The molecule has 0 bridgehead atoms. The van der Waals surface area contributed by atoms with Crippen molar-refractivity contribution >= 4 is 32.4 Å². The molecule has 1 amide bonds. The number of carbonyl (C=O) groups is 1. The van der Waals surface area contributed by atoms with E-state index in [-0.39, 0.29) is 23.3 Å². The van der Waals surface area contributed by atoms with Crippen molar-refractivity contribution in [1.29, 1.82) is 0 Å². The van der Waals surface area contributed by atoms with Gasteiger partial charge in [0.1, 0.15) is 12.4 Å². The lowest BCUT2D eigenvalue weighted by Gasteiger charge is -2.36. The van der Waals surface area contributed by atoms with Crippen molar-refractivity contribution in [3.8, 4) is 5.75 Å². The van der Waals surface area contributed by atoms with Gasteiger partial charge in [0.25, 0.3) is 0 Å². The highest BCUT2D eigenvalue weighted by molar-refractivity contribution is 7.89. The molecule has 0 spiro atoms. The number of hydrogen-bond donors (Lipinski definition) is 0. The van der Waals surface area contributed by atoms with Gasteiger partial charge in [0.05, 0.1) is 23.0 Å². The SMILES string of the molecule is O=C(C1CCCN(S(=O)(=O)c2ccc3ccccc3c2)C1)N1CCOc2ccccc21. The zero-order valence-electron chi connectivity index (χ0n) is 17.1. The number of benzene rings is 3. The van der Waals surface area contributed by atoms with Crippen molar-refractivity contribution in [3.63, 3.8) is 0 Å². The Balaban J connectivity index is 1.39. The van der Waals surface area contributed by atoms with Crippen LogP contribution >= 0.6 is 0 Å². The number of anilines is 1. The number of para-hydroxylation sites is 2. The number of piperidine rings is 1. The van der Waals surface area contributed by atoms with Gasteiger partial charge in [-0.25, -0.2) is 8.42 Å². The van der Waals surface area contributed by atoms with Gasteiger partial charge in [0.15, 0.2) is 0 Å². The summed E-state index contributed by atoms with van der Waals surface area (Å²) < 4.78 is 33.8. The molecule has 7 heteroatoms. The molecule has 0 aromatic heterocycles. The van der Waals surface area contributed by atoms with Gasteiger partial charge >= 0.3 is 0 Å². The van der Waals surface area contributed by atoms with Gasteiger partial charge in [-0.15, -0.1) is 0 Å². The van der Waals surface area contributed by atoms with E-state index in [0.717, 1.165) is 16.5 Å². The van der Waals surface area contributed by atoms with E-state index in [0.29, 0.717) is 38.3 Å². The number of sulfonamides is 1. The van der Waals surface area contributed by atoms with Crippen LogP contribution in [0.25, 0.3) is 10.8 Å². The van der Waals surface area contributed by atoms with Gasteiger partial charge in [-0.05, 0) is 47.9 Å². The van der Waals surface area contributed by atoms with Crippen molar-refractivity contribution in [1.82, 2.24) is 4.31 Å². The minimum absolute atomic E-state index is 0.0332. The summed E-state index contributed by atoms with van der Waals surface area (Å²) in [4.78, 5) is 15.4. The van der Waals surface area contributed by atoms with Gasteiger partial charge in [-0.3, -0.25) is 4.79 Å². The van der Waals surface area contributed by atoms with E-state index < -0.39 is 10.0 Å². The lowest BCUT2D eigenvalue weighted by molar-refractivity contribution is -0.123. The van der Waals surface area contributed by atoms with Crippen LogP contribution in [0.4, 0.5) is 5.69 Å². The van der Waals surface area contributed by atoms with Crippen LogP contribution < -0.4 is 9.64 Å². The predicted molar refractivity (Wildman–Crippen MR) is 120 cm³/mol. The molecular formula is C24H24N2O4S. The summed E-state index contributed by atoms with van der Waals surface area (Å²) in [5.74, 6) is 0.294. The van der Waals surface area contributed by atoms with Crippen LogP contribution in [0.2, 0.25) is 0 Å². The largest absolute Gasteiger partial charge is 0.490 e. The molecule has 31 heavy (non-hydrogen) atoms. The zero-order valence-corrected chi connectivity index (χ0v) is 17.9. The van der Waals surface area contributed by atoms with Gasteiger partial charge < -0.3 is 9.64 Å². The fourth-order valence-electron chi connectivity index (χ4n) is 4.46. The third kappa shape index (κ3) is 3.68. The monoisotopic (exact) mass is 436 g/mol. The molecule has 1 saturated heterocycles. The molecule has 5 rings (SSSR count). The van der Waals surface area contributed by atoms with Crippen LogP contribution in [0.15, 0.2) is 71.6 Å². The maximum absolute atomic E-state index is 13.4. The molecule has 0 aliphatic carbocycles. The number of hydrogen-bond acceptors (Lipinski definition) is 4. The van der Waals surface area contributed by atoms with E-state index in [2.05, 4.69) is 0 Å². The first kappa shape index (κ1) is 20.0. The normalized spacial score (nSPS) is 19.6. The van der Waals surface area contributed by atoms with Crippen LogP contribution in [0.3, 0.4) is 0 Å². The van der Waals surface area contributed by atoms with Crippen LogP contribution in [0.5, 0.6) is 5.75 Å². The Morgan fingerprint density at radius 1 is 0.935 bits per heavy atom. The average Bonchev–Trinajstić information content (AvgIpc) is 2.83. The molecule has 3 aromatic carbocycles. The molecule has 0 N–H and O–H groups in total. The second-order valence-corrected chi connectivity index (χ2v) is 9.96. The Morgan fingerprint density at radius 3 is 2.58 bits per heavy atom. The van der Waals surface area contributed by atoms with Crippen molar-refractivity contribution in [2.75, 3.05) is 31.1 Å². The van der Waals surface area contributed by atoms with E-state index >= 15 is 0 Å². The van der Waals surface area contributed by atoms with Gasteiger partial charge in [-0.1, -0.05) is 42.5 Å². The molecule has 1 unspecified atom stereocenters. The smallest absolute Gasteiger partial charge is 0.243 e. The summed E-state index contributed by atoms with van der Waals surface area (Å²) in [5, 5.41) is 1.89. The van der Waals surface area contributed by atoms with Gasteiger partial charge in [0.2, 0.25) is 15.9 Å². The second kappa shape index (κ2) is 7.98. The molecule has 2 aliphatic rings. The molecule has 2 aliphatic heterocycles. The molecule has 2 heterocycles. The minimum atomic E-state index is -3.67. The molecule has 0 radical (unpaired) electrons. The summed E-state index contributed by atoms with van der Waals surface area (Å²) in [6.07, 6.45) is 1.34. The second-order valence-electron chi connectivity index (χ2n) is 8.02.